The van der Waals surface area contributed by atoms with Gasteiger partial charge in [-0.05, 0) is 40.5 Å². The van der Waals surface area contributed by atoms with E-state index in [0.717, 1.165) is 15.9 Å². The smallest absolute Gasteiger partial charge is 0.135 e. The van der Waals surface area contributed by atoms with E-state index in [0.29, 0.717) is 0 Å². The maximum Gasteiger partial charge on any atom is 0.135 e. The van der Waals surface area contributed by atoms with E-state index in [-0.39, 0.29) is 6.04 Å². The molecule has 0 fully saturated rings. The summed E-state index contributed by atoms with van der Waals surface area (Å²) in [5.74, 6) is 0.834. The molecule has 0 aliphatic heterocycles. The van der Waals surface area contributed by atoms with Crippen molar-refractivity contribution in [1.29, 1.82) is 0 Å². The second-order valence-corrected chi connectivity index (χ2v) is 4.98. The summed E-state index contributed by atoms with van der Waals surface area (Å²) < 4.78 is 6.25. The minimum absolute atomic E-state index is 0.261. The maximum atomic E-state index is 5.29. The molecule has 1 atom stereocenters. The zero-order valence-corrected chi connectivity index (χ0v) is 12.1. The van der Waals surface area contributed by atoms with E-state index >= 15 is 0 Å². The lowest BCUT2D eigenvalue weighted by Gasteiger charge is -2.16. The third-order valence-corrected chi connectivity index (χ3v) is 3.49. The highest BCUT2D eigenvalue weighted by molar-refractivity contribution is 9.10. The van der Waals surface area contributed by atoms with E-state index in [9.17, 15) is 0 Å². The average molecular weight is 306 g/mol. The molecule has 2 aromatic rings. The Morgan fingerprint density at radius 3 is 2.50 bits per heavy atom. The first kappa shape index (κ1) is 13.0. The van der Waals surface area contributed by atoms with Crippen LogP contribution in [0.3, 0.4) is 0 Å². The van der Waals surface area contributed by atoms with Crippen molar-refractivity contribution < 1.29 is 4.74 Å². The summed E-state index contributed by atoms with van der Waals surface area (Å²) in [6.45, 7) is 2.14. The number of nitrogens with one attached hydrogen (secondary N) is 1. The summed E-state index contributed by atoms with van der Waals surface area (Å²) in [6, 6.07) is 16.6. The first-order valence-electron chi connectivity index (χ1n) is 5.85. The highest BCUT2D eigenvalue weighted by Crippen LogP contribution is 2.29. The number of halogens is 1. The van der Waals surface area contributed by atoms with E-state index in [1.165, 1.54) is 5.56 Å². The minimum Gasteiger partial charge on any atom is -0.495 e. The van der Waals surface area contributed by atoms with Gasteiger partial charge in [-0.15, -0.1) is 0 Å². The Balaban J connectivity index is 2.14. The Morgan fingerprint density at radius 2 is 1.83 bits per heavy atom. The van der Waals surface area contributed by atoms with Gasteiger partial charge in [0.1, 0.15) is 5.75 Å². The molecule has 2 nitrogen and oxygen atoms in total. The van der Waals surface area contributed by atoms with Gasteiger partial charge in [-0.25, -0.2) is 0 Å². The molecule has 0 aromatic heterocycles. The normalized spacial score (nSPS) is 11.9. The predicted molar refractivity (Wildman–Crippen MR) is 79.2 cm³/mol. The number of ether oxygens (including phenoxy) is 1. The molecular formula is C15H16BrNO. The molecule has 0 bridgehead atoms. The second kappa shape index (κ2) is 5.91. The Kier molecular flexibility index (Phi) is 4.26. The Labute approximate surface area is 116 Å². The largest absolute Gasteiger partial charge is 0.495 e. The van der Waals surface area contributed by atoms with Crippen molar-refractivity contribution in [2.75, 3.05) is 12.4 Å². The molecule has 3 heteroatoms. The molecule has 2 rings (SSSR count). The monoisotopic (exact) mass is 305 g/mol. The summed E-state index contributed by atoms with van der Waals surface area (Å²) in [7, 11) is 1.67. The van der Waals surface area contributed by atoms with E-state index in [1.54, 1.807) is 7.11 Å². The molecule has 0 amide bonds. The molecule has 0 radical (unpaired) electrons. The Bertz CT molecular complexity index is 513. The predicted octanol–water partition coefficient (Wildman–Crippen LogP) is 4.63. The number of methoxy groups -OCH3 is 1. The van der Waals surface area contributed by atoms with E-state index in [1.807, 2.05) is 24.3 Å². The zero-order chi connectivity index (χ0) is 13.0. The van der Waals surface area contributed by atoms with Gasteiger partial charge in [0.15, 0.2) is 0 Å². The van der Waals surface area contributed by atoms with Crippen molar-refractivity contribution in [3.63, 3.8) is 0 Å². The fraction of sp³-hybridized carbons (Fsp3) is 0.200. The lowest BCUT2D eigenvalue weighted by Crippen LogP contribution is -2.06. The van der Waals surface area contributed by atoms with Crippen LogP contribution in [0.2, 0.25) is 0 Å². The van der Waals surface area contributed by atoms with Crippen molar-refractivity contribution in [3.05, 3.63) is 58.6 Å². The van der Waals surface area contributed by atoms with Crippen molar-refractivity contribution in [2.24, 2.45) is 0 Å². The first-order valence-corrected chi connectivity index (χ1v) is 6.65. The van der Waals surface area contributed by atoms with Crippen molar-refractivity contribution in [1.82, 2.24) is 0 Å². The molecule has 2 aromatic carbocycles. The zero-order valence-electron chi connectivity index (χ0n) is 10.5. The molecule has 1 N–H and O–H groups in total. The van der Waals surface area contributed by atoms with Crippen LogP contribution in [0.4, 0.5) is 5.69 Å². The number of hydrogen-bond acceptors (Lipinski definition) is 2. The topological polar surface area (TPSA) is 21.3 Å². The average Bonchev–Trinajstić information content (AvgIpc) is 2.42. The number of benzene rings is 2. The minimum atomic E-state index is 0.261. The second-order valence-electron chi connectivity index (χ2n) is 4.13. The molecule has 94 valence electrons. The van der Waals surface area contributed by atoms with Gasteiger partial charge in [0.25, 0.3) is 0 Å². The van der Waals surface area contributed by atoms with Crippen LogP contribution in [0.25, 0.3) is 0 Å². The lowest BCUT2D eigenvalue weighted by molar-refractivity contribution is 0.412. The molecule has 0 saturated heterocycles. The molecule has 0 spiro atoms. The van der Waals surface area contributed by atoms with E-state index in [2.05, 4.69) is 52.4 Å². The molecular weight excluding hydrogens is 290 g/mol. The van der Waals surface area contributed by atoms with Crippen LogP contribution in [0.15, 0.2) is 53.0 Å². The Hall–Kier alpha value is -1.48. The molecule has 0 aliphatic carbocycles. The number of rotatable bonds is 4. The highest BCUT2D eigenvalue weighted by atomic mass is 79.9. The van der Waals surface area contributed by atoms with Gasteiger partial charge in [-0.1, -0.05) is 30.3 Å². The van der Waals surface area contributed by atoms with Gasteiger partial charge in [-0.2, -0.15) is 0 Å². The Morgan fingerprint density at radius 1 is 1.11 bits per heavy atom. The fourth-order valence-corrected chi connectivity index (χ4v) is 2.23. The van der Waals surface area contributed by atoms with Crippen LogP contribution in [-0.4, -0.2) is 7.11 Å². The summed E-state index contributed by atoms with van der Waals surface area (Å²) in [5, 5.41) is 3.46. The van der Waals surface area contributed by atoms with Crippen molar-refractivity contribution >= 4 is 21.6 Å². The fourth-order valence-electron chi connectivity index (χ4n) is 1.82. The third kappa shape index (κ3) is 3.05. The van der Waals surface area contributed by atoms with Gasteiger partial charge in [0.2, 0.25) is 0 Å². The maximum absolute atomic E-state index is 5.29. The van der Waals surface area contributed by atoms with Gasteiger partial charge < -0.3 is 10.1 Å². The molecule has 18 heavy (non-hydrogen) atoms. The van der Waals surface area contributed by atoms with Crippen molar-refractivity contribution in [2.45, 2.75) is 13.0 Å². The first-order chi connectivity index (χ1) is 8.70. The quantitative estimate of drug-likeness (QED) is 0.889. The summed E-state index contributed by atoms with van der Waals surface area (Å²) in [4.78, 5) is 0. The number of anilines is 1. The van der Waals surface area contributed by atoms with Crippen LogP contribution < -0.4 is 10.1 Å². The van der Waals surface area contributed by atoms with Crippen LogP contribution >= 0.6 is 15.9 Å². The number of hydrogen-bond donors (Lipinski definition) is 1. The van der Waals surface area contributed by atoms with Gasteiger partial charge in [-0.3, -0.25) is 0 Å². The van der Waals surface area contributed by atoms with Crippen LogP contribution in [-0.2, 0) is 0 Å². The third-order valence-electron chi connectivity index (χ3n) is 2.83. The van der Waals surface area contributed by atoms with Gasteiger partial charge >= 0.3 is 0 Å². The van der Waals surface area contributed by atoms with E-state index < -0.39 is 0 Å². The highest BCUT2D eigenvalue weighted by Gasteiger charge is 2.06. The SMILES string of the molecule is COc1cc(NC(C)c2ccccc2)ccc1Br. The summed E-state index contributed by atoms with van der Waals surface area (Å²) in [5.41, 5.74) is 2.31. The van der Waals surface area contributed by atoms with E-state index in [4.69, 9.17) is 4.74 Å². The standard InChI is InChI=1S/C15H16BrNO/c1-11(12-6-4-3-5-7-12)17-13-8-9-14(16)15(10-13)18-2/h3-11,17H,1-2H3. The van der Waals surface area contributed by atoms with Crippen molar-refractivity contribution in [3.8, 4) is 5.75 Å². The summed E-state index contributed by atoms with van der Waals surface area (Å²) >= 11 is 3.45. The van der Waals surface area contributed by atoms with Gasteiger partial charge in [0, 0.05) is 17.8 Å². The molecule has 0 heterocycles. The van der Waals surface area contributed by atoms with Crippen LogP contribution in [0.5, 0.6) is 5.75 Å². The van der Waals surface area contributed by atoms with Crippen LogP contribution in [0, 0.1) is 0 Å². The van der Waals surface area contributed by atoms with Crippen LogP contribution in [0.1, 0.15) is 18.5 Å². The molecule has 1 unspecified atom stereocenters. The van der Waals surface area contributed by atoms with Gasteiger partial charge in [0.05, 0.1) is 11.6 Å². The molecule has 0 saturated carbocycles. The summed E-state index contributed by atoms with van der Waals surface area (Å²) in [6.07, 6.45) is 0. The molecule has 0 aliphatic rings. The lowest BCUT2D eigenvalue weighted by atomic mass is 10.1.